The lowest BCUT2D eigenvalue weighted by Crippen LogP contribution is -2.41. The van der Waals surface area contributed by atoms with Crippen molar-refractivity contribution < 1.29 is 18.0 Å². The summed E-state index contributed by atoms with van der Waals surface area (Å²) in [5.74, 6) is -0.278. The maximum atomic E-state index is 12.3. The molecule has 0 bridgehead atoms. The number of carbonyl (C=O) groups excluding carboxylic acids is 2. The average molecular weight is 366 g/mol. The maximum Gasteiger partial charge on any atom is 0.226 e. The van der Waals surface area contributed by atoms with E-state index < -0.39 is 9.84 Å². The van der Waals surface area contributed by atoms with E-state index in [-0.39, 0.29) is 42.3 Å². The quantitative estimate of drug-likeness (QED) is 0.864. The second-order valence-electron chi connectivity index (χ2n) is 6.84. The molecule has 0 radical (unpaired) electrons. The van der Waals surface area contributed by atoms with Gasteiger partial charge in [0.1, 0.15) is 0 Å². The molecule has 1 aliphatic heterocycles. The maximum absolute atomic E-state index is 12.3. The Morgan fingerprint density at radius 2 is 1.80 bits per heavy atom. The fourth-order valence-corrected chi connectivity index (χ4v) is 5.15. The van der Waals surface area contributed by atoms with Crippen molar-refractivity contribution in [1.29, 1.82) is 0 Å². The molecule has 1 aromatic rings. The van der Waals surface area contributed by atoms with Crippen molar-refractivity contribution in [3.05, 3.63) is 28.8 Å². The monoisotopic (exact) mass is 366 g/mol. The van der Waals surface area contributed by atoms with Crippen LogP contribution in [0.4, 0.5) is 5.69 Å². The summed E-state index contributed by atoms with van der Waals surface area (Å²) < 4.78 is 23.3. The van der Waals surface area contributed by atoms with E-state index in [0.29, 0.717) is 6.42 Å². The molecular weight excluding hydrogens is 340 g/mol. The van der Waals surface area contributed by atoms with E-state index in [2.05, 4.69) is 5.32 Å². The molecule has 25 heavy (non-hydrogen) atoms. The number of rotatable bonds is 5. The molecule has 1 saturated heterocycles. The Bertz CT molecular complexity index is 763. The number of hydrogen-bond acceptors (Lipinski definition) is 4. The average Bonchev–Trinajstić information content (AvgIpc) is 2.82. The van der Waals surface area contributed by atoms with Gasteiger partial charge in [-0.15, -0.1) is 0 Å². The molecule has 1 aromatic carbocycles. The number of hydrogen-bond donors (Lipinski definition) is 1. The van der Waals surface area contributed by atoms with Crippen LogP contribution in [0.15, 0.2) is 12.1 Å². The SMILES string of the molecule is CC(=O)N(CCC(=O)Nc1c(C)cc(C)cc1C)C1CCS(=O)(=O)C1. The van der Waals surface area contributed by atoms with Gasteiger partial charge in [-0.3, -0.25) is 9.59 Å². The van der Waals surface area contributed by atoms with Crippen LogP contribution in [0.5, 0.6) is 0 Å². The standard InChI is InChI=1S/C18H26N2O4S/c1-12-9-13(2)18(14(3)10-12)19-17(22)5-7-20(15(4)21)16-6-8-25(23,24)11-16/h9-10,16H,5-8,11H2,1-4H3,(H,19,22). The van der Waals surface area contributed by atoms with E-state index in [4.69, 9.17) is 0 Å². The van der Waals surface area contributed by atoms with Crippen LogP contribution in [0.25, 0.3) is 0 Å². The zero-order chi connectivity index (χ0) is 18.8. The van der Waals surface area contributed by atoms with Crippen LogP contribution >= 0.6 is 0 Å². The Morgan fingerprint density at radius 3 is 2.28 bits per heavy atom. The minimum absolute atomic E-state index is 0.00955. The highest BCUT2D eigenvalue weighted by atomic mass is 32.2. The lowest BCUT2D eigenvalue weighted by Gasteiger charge is -2.26. The Hall–Kier alpha value is -1.89. The third kappa shape index (κ3) is 5.04. The second kappa shape index (κ2) is 7.56. The normalized spacial score (nSPS) is 18.8. The van der Waals surface area contributed by atoms with Crippen molar-refractivity contribution in [3.8, 4) is 0 Å². The van der Waals surface area contributed by atoms with Crippen molar-refractivity contribution in [2.45, 2.75) is 46.6 Å². The predicted molar refractivity (Wildman–Crippen MR) is 98.3 cm³/mol. The fourth-order valence-electron chi connectivity index (χ4n) is 3.42. The van der Waals surface area contributed by atoms with Gasteiger partial charge in [-0.05, 0) is 38.3 Å². The van der Waals surface area contributed by atoms with E-state index >= 15 is 0 Å². The molecule has 0 aliphatic carbocycles. The molecule has 0 spiro atoms. The number of nitrogens with zero attached hydrogens (tertiary/aromatic N) is 1. The van der Waals surface area contributed by atoms with Gasteiger partial charge in [0.25, 0.3) is 0 Å². The van der Waals surface area contributed by atoms with Crippen LogP contribution in [0.2, 0.25) is 0 Å². The Balaban J connectivity index is 1.99. The van der Waals surface area contributed by atoms with Gasteiger partial charge in [0.15, 0.2) is 9.84 Å². The van der Waals surface area contributed by atoms with Gasteiger partial charge < -0.3 is 10.2 Å². The number of amides is 2. The van der Waals surface area contributed by atoms with Gasteiger partial charge in [0.05, 0.1) is 11.5 Å². The van der Waals surface area contributed by atoms with Crippen molar-refractivity contribution >= 4 is 27.3 Å². The lowest BCUT2D eigenvalue weighted by atomic mass is 10.0. The number of benzene rings is 1. The summed E-state index contributed by atoms with van der Waals surface area (Å²) in [7, 11) is -3.07. The van der Waals surface area contributed by atoms with Crippen LogP contribution < -0.4 is 5.32 Å². The van der Waals surface area contributed by atoms with Gasteiger partial charge in [-0.1, -0.05) is 17.7 Å². The smallest absolute Gasteiger partial charge is 0.226 e. The van der Waals surface area contributed by atoms with E-state index in [1.165, 1.54) is 11.8 Å². The van der Waals surface area contributed by atoms with Gasteiger partial charge in [-0.2, -0.15) is 0 Å². The number of aryl methyl sites for hydroxylation is 3. The summed E-state index contributed by atoms with van der Waals surface area (Å²) >= 11 is 0. The molecular formula is C18H26N2O4S. The molecule has 7 heteroatoms. The van der Waals surface area contributed by atoms with Crippen LogP contribution in [0, 0.1) is 20.8 Å². The molecule has 1 heterocycles. The van der Waals surface area contributed by atoms with Crippen molar-refractivity contribution in [2.24, 2.45) is 0 Å². The molecule has 6 nitrogen and oxygen atoms in total. The molecule has 138 valence electrons. The third-order valence-corrected chi connectivity index (χ3v) is 6.33. The molecule has 0 aromatic heterocycles. The van der Waals surface area contributed by atoms with Crippen molar-refractivity contribution in [2.75, 3.05) is 23.4 Å². The first kappa shape index (κ1) is 19.4. The van der Waals surface area contributed by atoms with Crippen LogP contribution in [0.1, 0.15) is 36.5 Å². The molecule has 1 atom stereocenters. The first-order valence-electron chi connectivity index (χ1n) is 8.44. The summed E-state index contributed by atoms with van der Waals surface area (Å²) in [6.07, 6.45) is 0.586. The summed E-state index contributed by atoms with van der Waals surface area (Å²) in [4.78, 5) is 25.7. The van der Waals surface area contributed by atoms with Gasteiger partial charge in [-0.25, -0.2) is 8.42 Å². The minimum atomic E-state index is -3.07. The number of nitrogens with one attached hydrogen (secondary N) is 1. The Labute approximate surface area is 149 Å². The van der Waals surface area contributed by atoms with Crippen LogP contribution in [-0.2, 0) is 19.4 Å². The first-order chi connectivity index (χ1) is 11.6. The molecule has 0 saturated carbocycles. The van der Waals surface area contributed by atoms with E-state index in [1.54, 1.807) is 0 Å². The van der Waals surface area contributed by atoms with Crippen molar-refractivity contribution in [3.63, 3.8) is 0 Å². The number of sulfone groups is 1. The molecule has 2 amide bonds. The predicted octanol–water partition coefficient (Wildman–Crippen LogP) is 1.98. The third-order valence-electron chi connectivity index (χ3n) is 4.57. The van der Waals surface area contributed by atoms with Gasteiger partial charge in [0.2, 0.25) is 11.8 Å². The summed E-state index contributed by atoms with van der Waals surface area (Å²) in [5.41, 5.74) is 3.93. The Morgan fingerprint density at radius 1 is 1.20 bits per heavy atom. The van der Waals surface area contributed by atoms with E-state index in [9.17, 15) is 18.0 Å². The topological polar surface area (TPSA) is 83.6 Å². The zero-order valence-corrected chi connectivity index (χ0v) is 16.1. The molecule has 1 unspecified atom stereocenters. The number of carbonyl (C=O) groups is 2. The zero-order valence-electron chi connectivity index (χ0n) is 15.3. The number of anilines is 1. The minimum Gasteiger partial charge on any atom is -0.338 e. The highest BCUT2D eigenvalue weighted by Gasteiger charge is 2.33. The Kier molecular flexibility index (Phi) is 5.87. The van der Waals surface area contributed by atoms with Gasteiger partial charge in [0, 0.05) is 31.6 Å². The molecule has 1 N–H and O–H groups in total. The van der Waals surface area contributed by atoms with E-state index in [0.717, 1.165) is 22.4 Å². The second-order valence-corrected chi connectivity index (χ2v) is 9.07. The molecule has 1 aliphatic rings. The van der Waals surface area contributed by atoms with Crippen LogP contribution in [0.3, 0.4) is 0 Å². The van der Waals surface area contributed by atoms with Crippen LogP contribution in [-0.4, -0.2) is 49.2 Å². The van der Waals surface area contributed by atoms with Crippen molar-refractivity contribution in [1.82, 2.24) is 4.90 Å². The molecule has 2 rings (SSSR count). The summed E-state index contributed by atoms with van der Waals surface area (Å²) in [6.45, 7) is 7.54. The summed E-state index contributed by atoms with van der Waals surface area (Å²) in [6, 6.07) is 3.69. The van der Waals surface area contributed by atoms with Gasteiger partial charge >= 0.3 is 0 Å². The highest BCUT2D eigenvalue weighted by Crippen LogP contribution is 2.22. The van der Waals surface area contributed by atoms with E-state index in [1.807, 2.05) is 32.9 Å². The highest BCUT2D eigenvalue weighted by molar-refractivity contribution is 7.91. The summed E-state index contributed by atoms with van der Waals surface area (Å²) in [5, 5.41) is 2.91. The lowest BCUT2D eigenvalue weighted by molar-refractivity contribution is -0.131. The first-order valence-corrected chi connectivity index (χ1v) is 10.3. The molecule has 1 fully saturated rings. The largest absolute Gasteiger partial charge is 0.338 e. The fraction of sp³-hybridized carbons (Fsp3) is 0.556.